The highest BCUT2D eigenvalue weighted by molar-refractivity contribution is 5.96. The second kappa shape index (κ2) is 11.9. The van der Waals surface area contributed by atoms with Gasteiger partial charge in [-0.25, -0.2) is 15.0 Å². The third-order valence-corrected chi connectivity index (χ3v) is 11.0. The fraction of sp³-hybridized carbons (Fsp3) is 0.0200. The van der Waals surface area contributed by atoms with Crippen LogP contribution in [0.2, 0.25) is 0 Å². The van der Waals surface area contributed by atoms with Crippen molar-refractivity contribution >= 4 is 10.8 Å². The summed E-state index contributed by atoms with van der Waals surface area (Å²) in [6.07, 6.45) is 0. The number of fused-ring (bicyclic) bond motifs is 10. The summed E-state index contributed by atoms with van der Waals surface area (Å²) >= 11 is 0. The van der Waals surface area contributed by atoms with E-state index in [1.807, 2.05) is 18.2 Å². The minimum atomic E-state index is -0.558. The molecule has 54 heavy (non-hydrogen) atoms. The summed E-state index contributed by atoms with van der Waals surface area (Å²) in [6, 6.07) is 66.0. The van der Waals surface area contributed by atoms with Crippen molar-refractivity contribution in [3.63, 3.8) is 0 Å². The molecule has 1 spiro atoms. The zero-order valence-corrected chi connectivity index (χ0v) is 29.1. The lowest BCUT2D eigenvalue weighted by Crippen LogP contribution is -2.32. The number of rotatable bonds is 4. The third kappa shape index (κ3) is 4.47. The first-order valence-corrected chi connectivity index (χ1v) is 18.3. The van der Waals surface area contributed by atoms with Crippen molar-refractivity contribution in [1.82, 2.24) is 15.0 Å². The van der Waals surface area contributed by atoms with Gasteiger partial charge in [-0.1, -0.05) is 170 Å². The second-order valence-corrected chi connectivity index (χ2v) is 13.9. The minimum absolute atomic E-state index is 0.558. The Hall–Kier alpha value is -7.17. The van der Waals surface area contributed by atoms with Gasteiger partial charge in [0.1, 0.15) is 11.5 Å². The van der Waals surface area contributed by atoms with E-state index in [0.29, 0.717) is 17.5 Å². The third-order valence-electron chi connectivity index (χ3n) is 11.0. The first kappa shape index (κ1) is 30.5. The van der Waals surface area contributed by atoms with Crippen LogP contribution in [-0.4, -0.2) is 15.0 Å². The molecular weight excluding hydrogens is 659 g/mol. The number of para-hydroxylation sites is 1. The van der Waals surface area contributed by atoms with Crippen LogP contribution in [0.1, 0.15) is 22.3 Å². The molecule has 4 nitrogen and oxygen atoms in total. The Balaban J connectivity index is 1.15. The van der Waals surface area contributed by atoms with Gasteiger partial charge in [-0.05, 0) is 62.4 Å². The lowest BCUT2D eigenvalue weighted by molar-refractivity contribution is 0.436. The predicted molar refractivity (Wildman–Crippen MR) is 216 cm³/mol. The topological polar surface area (TPSA) is 47.9 Å². The number of benzene rings is 8. The van der Waals surface area contributed by atoms with Crippen LogP contribution in [-0.2, 0) is 5.41 Å². The fourth-order valence-electron chi connectivity index (χ4n) is 8.71. The Kier molecular flexibility index (Phi) is 6.73. The number of hydrogen-bond donors (Lipinski definition) is 0. The lowest BCUT2D eigenvalue weighted by Gasteiger charge is -2.39. The molecule has 0 atom stereocenters. The van der Waals surface area contributed by atoms with Gasteiger partial charge in [0, 0.05) is 27.8 Å². The molecule has 252 valence electrons. The molecule has 4 heteroatoms. The monoisotopic (exact) mass is 689 g/mol. The molecule has 8 aromatic carbocycles. The Morgan fingerprint density at radius 2 is 0.870 bits per heavy atom. The van der Waals surface area contributed by atoms with Crippen LogP contribution >= 0.6 is 0 Å². The molecule has 0 saturated heterocycles. The first-order valence-electron chi connectivity index (χ1n) is 18.3. The van der Waals surface area contributed by atoms with Gasteiger partial charge in [0.2, 0.25) is 0 Å². The van der Waals surface area contributed by atoms with Gasteiger partial charge in [0.25, 0.3) is 0 Å². The molecule has 0 unspecified atom stereocenters. The molecule has 0 bridgehead atoms. The zero-order valence-electron chi connectivity index (χ0n) is 29.1. The van der Waals surface area contributed by atoms with Crippen LogP contribution in [0.25, 0.3) is 67.2 Å². The summed E-state index contributed by atoms with van der Waals surface area (Å²) in [7, 11) is 0. The van der Waals surface area contributed by atoms with E-state index in [9.17, 15) is 0 Å². The van der Waals surface area contributed by atoms with E-state index < -0.39 is 5.41 Å². The van der Waals surface area contributed by atoms with Gasteiger partial charge >= 0.3 is 0 Å². The van der Waals surface area contributed by atoms with Crippen molar-refractivity contribution < 1.29 is 4.74 Å². The van der Waals surface area contributed by atoms with Gasteiger partial charge in [-0.2, -0.15) is 0 Å². The van der Waals surface area contributed by atoms with Gasteiger partial charge in [0.15, 0.2) is 17.5 Å². The van der Waals surface area contributed by atoms with E-state index in [2.05, 4.69) is 170 Å². The van der Waals surface area contributed by atoms with E-state index in [1.54, 1.807) is 0 Å². The average Bonchev–Trinajstić information content (AvgIpc) is 3.54. The van der Waals surface area contributed by atoms with Gasteiger partial charge in [-0.3, -0.25) is 0 Å². The van der Waals surface area contributed by atoms with Crippen molar-refractivity contribution in [3.05, 3.63) is 210 Å². The van der Waals surface area contributed by atoms with Crippen LogP contribution in [0.3, 0.4) is 0 Å². The largest absolute Gasteiger partial charge is 0.457 e. The molecule has 0 N–H and O–H groups in total. The van der Waals surface area contributed by atoms with Crippen LogP contribution in [0, 0.1) is 0 Å². The summed E-state index contributed by atoms with van der Waals surface area (Å²) in [4.78, 5) is 15.5. The van der Waals surface area contributed by atoms with Crippen molar-refractivity contribution in [1.29, 1.82) is 0 Å². The fourth-order valence-corrected chi connectivity index (χ4v) is 8.71. The molecule has 2 heterocycles. The smallest absolute Gasteiger partial charge is 0.164 e. The van der Waals surface area contributed by atoms with Crippen molar-refractivity contribution in [3.8, 4) is 67.9 Å². The van der Waals surface area contributed by atoms with E-state index in [-0.39, 0.29) is 0 Å². The maximum Gasteiger partial charge on any atom is 0.164 e. The van der Waals surface area contributed by atoms with E-state index in [0.717, 1.165) is 61.2 Å². The highest BCUT2D eigenvalue weighted by Gasteiger charge is 2.51. The highest BCUT2D eigenvalue weighted by atomic mass is 16.5. The van der Waals surface area contributed by atoms with Gasteiger partial charge in [-0.15, -0.1) is 0 Å². The van der Waals surface area contributed by atoms with E-state index in [4.69, 9.17) is 19.7 Å². The average molecular weight is 690 g/mol. The Morgan fingerprint density at radius 1 is 0.333 bits per heavy atom. The molecule has 11 rings (SSSR count). The molecule has 1 aliphatic heterocycles. The summed E-state index contributed by atoms with van der Waals surface area (Å²) in [5, 5.41) is 2.24. The number of aromatic nitrogens is 3. The van der Waals surface area contributed by atoms with Crippen molar-refractivity contribution in [2.75, 3.05) is 0 Å². The van der Waals surface area contributed by atoms with E-state index >= 15 is 0 Å². The molecule has 1 aromatic heterocycles. The molecule has 2 aliphatic rings. The molecule has 9 aromatic rings. The summed E-state index contributed by atoms with van der Waals surface area (Å²) in [5.74, 6) is 3.62. The molecule has 0 fully saturated rings. The van der Waals surface area contributed by atoms with Crippen LogP contribution in [0.15, 0.2) is 188 Å². The molecule has 1 aliphatic carbocycles. The Morgan fingerprint density at radius 3 is 1.65 bits per heavy atom. The second-order valence-electron chi connectivity index (χ2n) is 13.9. The highest BCUT2D eigenvalue weighted by Crippen LogP contribution is 2.62. The SMILES string of the molecule is c1ccc(-c2nc(-c3ccccc3-c3ccc4c(c3)C3(c5ccccc5O4)c4ccccc4-c4ccccc43)nc(-c3cccc4ccccc34)n2)cc1. The number of ether oxygens (including phenoxy) is 1. The predicted octanol–water partition coefficient (Wildman–Crippen LogP) is 12.2. The zero-order chi connectivity index (χ0) is 35.6. The normalized spacial score (nSPS) is 13.1. The Bertz CT molecular complexity index is 2880. The van der Waals surface area contributed by atoms with Gasteiger partial charge in [0.05, 0.1) is 5.41 Å². The number of nitrogens with zero attached hydrogens (tertiary/aromatic N) is 3. The summed E-state index contributed by atoms with van der Waals surface area (Å²) in [5.41, 5.74) is 11.6. The molecule has 0 saturated carbocycles. The van der Waals surface area contributed by atoms with Crippen LogP contribution < -0.4 is 4.74 Å². The van der Waals surface area contributed by atoms with Crippen molar-refractivity contribution in [2.24, 2.45) is 0 Å². The van der Waals surface area contributed by atoms with Crippen LogP contribution in [0.4, 0.5) is 0 Å². The maximum absolute atomic E-state index is 6.73. The summed E-state index contributed by atoms with van der Waals surface area (Å²) < 4.78 is 6.73. The first-order chi connectivity index (χ1) is 26.8. The van der Waals surface area contributed by atoms with Crippen LogP contribution in [0.5, 0.6) is 11.5 Å². The molecule has 0 radical (unpaired) electrons. The molecule has 0 amide bonds. The number of hydrogen-bond acceptors (Lipinski definition) is 4. The van der Waals surface area contributed by atoms with Gasteiger partial charge < -0.3 is 4.74 Å². The summed E-state index contributed by atoms with van der Waals surface area (Å²) in [6.45, 7) is 0. The maximum atomic E-state index is 6.73. The molecular formula is C50H31N3O. The Labute approximate surface area is 313 Å². The van der Waals surface area contributed by atoms with E-state index in [1.165, 1.54) is 22.3 Å². The lowest BCUT2D eigenvalue weighted by atomic mass is 9.65. The quantitative estimate of drug-likeness (QED) is 0.185. The minimum Gasteiger partial charge on any atom is -0.457 e. The van der Waals surface area contributed by atoms with Crippen molar-refractivity contribution in [2.45, 2.75) is 5.41 Å². The standard InChI is InChI=1S/C50H31N3O/c1-2-16-33(17-3-1)47-51-48(53-49(52-47)40-24-14-18-32-15-4-5-19-35(32)40)39-23-7-6-20-36(39)34-29-30-46-44(31-34)50(43-27-12-13-28-45(43)54-46)41-25-10-8-21-37(41)38-22-9-11-26-42(38)50/h1-31H.